The summed E-state index contributed by atoms with van der Waals surface area (Å²) in [7, 11) is 0. The summed E-state index contributed by atoms with van der Waals surface area (Å²) in [6.07, 6.45) is 9.05. The Morgan fingerprint density at radius 1 is 1.24 bits per heavy atom. The van der Waals surface area contributed by atoms with Gasteiger partial charge in [0.15, 0.2) is 0 Å². The number of rotatable bonds is 3. The van der Waals surface area contributed by atoms with Crippen LogP contribution in [0, 0.1) is 5.92 Å². The largest absolute Gasteiger partial charge is 0.371 e. The highest BCUT2D eigenvalue weighted by Gasteiger charge is 2.24. The first-order valence-corrected chi connectivity index (χ1v) is 8.26. The van der Waals surface area contributed by atoms with Crippen LogP contribution in [0.4, 0.5) is 5.69 Å². The number of aromatic nitrogens is 1. The SMILES string of the molecule is CC1CCCCC1NC(=O)c1cc(N2CCCC2)ccn1. The van der Waals surface area contributed by atoms with Gasteiger partial charge in [-0.3, -0.25) is 9.78 Å². The molecule has 21 heavy (non-hydrogen) atoms. The molecule has 0 bridgehead atoms. The second-order valence-electron chi connectivity index (χ2n) is 6.44. The molecular formula is C17H25N3O. The van der Waals surface area contributed by atoms with Crippen molar-refractivity contribution in [3.05, 3.63) is 24.0 Å². The lowest BCUT2D eigenvalue weighted by Crippen LogP contribution is -2.41. The predicted molar refractivity (Wildman–Crippen MR) is 84.6 cm³/mol. The van der Waals surface area contributed by atoms with E-state index in [2.05, 4.69) is 22.1 Å². The van der Waals surface area contributed by atoms with Crippen LogP contribution in [0.3, 0.4) is 0 Å². The molecule has 1 aromatic heterocycles. The fourth-order valence-electron chi connectivity index (χ4n) is 3.49. The number of nitrogens with zero attached hydrogens (tertiary/aromatic N) is 2. The van der Waals surface area contributed by atoms with Crippen LogP contribution in [0.2, 0.25) is 0 Å². The van der Waals surface area contributed by atoms with Crippen molar-refractivity contribution in [3.8, 4) is 0 Å². The van der Waals surface area contributed by atoms with Crippen molar-refractivity contribution in [1.82, 2.24) is 10.3 Å². The number of hydrogen-bond donors (Lipinski definition) is 1. The predicted octanol–water partition coefficient (Wildman–Crippen LogP) is 2.99. The highest BCUT2D eigenvalue weighted by atomic mass is 16.1. The van der Waals surface area contributed by atoms with E-state index in [0.29, 0.717) is 17.7 Å². The van der Waals surface area contributed by atoms with Crippen LogP contribution in [0.1, 0.15) is 55.9 Å². The van der Waals surface area contributed by atoms with Gasteiger partial charge in [-0.25, -0.2) is 0 Å². The Morgan fingerprint density at radius 2 is 2.00 bits per heavy atom. The minimum atomic E-state index is -0.0187. The van der Waals surface area contributed by atoms with E-state index in [0.717, 1.165) is 25.2 Å². The van der Waals surface area contributed by atoms with Gasteiger partial charge in [0.25, 0.3) is 5.91 Å². The lowest BCUT2D eigenvalue weighted by molar-refractivity contribution is 0.0905. The third-order valence-electron chi connectivity index (χ3n) is 4.88. The van der Waals surface area contributed by atoms with Crippen molar-refractivity contribution in [2.45, 2.75) is 51.5 Å². The van der Waals surface area contributed by atoms with Gasteiger partial charge in [-0.2, -0.15) is 0 Å². The van der Waals surface area contributed by atoms with E-state index in [1.54, 1.807) is 6.20 Å². The summed E-state index contributed by atoms with van der Waals surface area (Å²) in [5.74, 6) is 0.555. The smallest absolute Gasteiger partial charge is 0.270 e. The molecule has 0 radical (unpaired) electrons. The quantitative estimate of drug-likeness (QED) is 0.929. The Balaban J connectivity index is 1.67. The molecule has 4 heteroatoms. The van der Waals surface area contributed by atoms with Gasteiger partial charge in [0, 0.05) is 31.0 Å². The van der Waals surface area contributed by atoms with Gasteiger partial charge in [-0.1, -0.05) is 19.8 Å². The van der Waals surface area contributed by atoms with Gasteiger partial charge in [-0.15, -0.1) is 0 Å². The molecule has 2 fully saturated rings. The van der Waals surface area contributed by atoms with E-state index < -0.39 is 0 Å². The molecule has 114 valence electrons. The average molecular weight is 287 g/mol. The number of amides is 1. The second-order valence-corrected chi connectivity index (χ2v) is 6.44. The number of hydrogen-bond acceptors (Lipinski definition) is 3. The summed E-state index contributed by atoms with van der Waals surface area (Å²) in [6.45, 7) is 4.41. The summed E-state index contributed by atoms with van der Waals surface area (Å²) in [5, 5.41) is 3.18. The van der Waals surface area contributed by atoms with Crippen LogP contribution in [0.5, 0.6) is 0 Å². The van der Waals surface area contributed by atoms with Crippen LogP contribution in [0.15, 0.2) is 18.3 Å². The number of carbonyl (C=O) groups excluding carboxylic acids is 1. The topological polar surface area (TPSA) is 45.2 Å². The van der Waals surface area contributed by atoms with Gasteiger partial charge in [0.05, 0.1) is 0 Å². The first-order chi connectivity index (χ1) is 10.2. The summed E-state index contributed by atoms with van der Waals surface area (Å²) in [5.41, 5.74) is 1.68. The zero-order chi connectivity index (χ0) is 14.7. The zero-order valence-electron chi connectivity index (χ0n) is 12.8. The lowest BCUT2D eigenvalue weighted by atomic mass is 9.86. The molecule has 1 saturated carbocycles. The maximum atomic E-state index is 12.4. The highest BCUT2D eigenvalue weighted by molar-refractivity contribution is 5.93. The number of nitrogens with one attached hydrogen (secondary N) is 1. The molecule has 1 aliphatic carbocycles. The van der Waals surface area contributed by atoms with Crippen molar-refractivity contribution >= 4 is 11.6 Å². The van der Waals surface area contributed by atoms with Crippen molar-refractivity contribution in [2.24, 2.45) is 5.92 Å². The third kappa shape index (κ3) is 3.36. The normalized spacial score (nSPS) is 25.9. The van der Waals surface area contributed by atoms with E-state index in [9.17, 15) is 4.79 Å². The van der Waals surface area contributed by atoms with Crippen LogP contribution in [-0.4, -0.2) is 30.0 Å². The van der Waals surface area contributed by atoms with Gasteiger partial charge < -0.3 is 10.2 Å². The second kappa shape index (κ2) is 6.46. The number of carbonyl (C=O) groups is 1. The lowest BCUT2D eigenvalue weighted by Gasteiger charge is -2.29. The van der Waals surface area contributed by atoms with Crippen molar-refractivity contribution in [2.75, 3.05) is 18.0 Å². The van der Waals surface area contributed by atoms with Crippen molar-refractivity contribution in [1.29, 1.82) is 0 Å². The van der Waals surface area contributed by atoms with Crippen LogP contribution in [-0.2, 0) is 0 Å². The zero-order valence-corrected chi connectivity index (χ0v) is 12.8. The molecule has 2 aliphatic rings. The summed E-state index contributed by atoms with van der Waals surface area (Å²) < 4.78 is 0. The Kier molecular flexibility index (Phi) is 4.42. The van der Waals surface area contributed by atoms with E-state index in [4.69, 9.17) is 0 Å². The Labute approximate surface area is 126 Å². The first-order valence-electron chi connectivity index (χ1n) is 8.26. The van der Waals surface area contributed by atoms with E-state index >= 15 is 0 Å². The molecule has 1 N–H and O–H groups in total. The first kappa shape index (κ1) is 14.4. The molecule has 3 rings (SSSR count). The Morgan fingerprint density at radius 3 is 2.76 bits per heavy atom. The summed E-state index contributed by atoms with van der Waals surface area (Å²) in [6, 6.07) is 4.25. The fourth-order valence-corrected chi connectivity index (χ4v) is 3.49. The monoisotopic (exact) mass is 287 g/mol. The standard InChI is InChI=1S/C17H25N3O/c1-13-6-2-3-7-15(13)19-17(21)16-12-14(8-9-18-16)20-10-4-5-11-20/h8-9,12-13,15H,2-7,10-11H2,1H3,(H,19,21). The van der Waals surface area contributed by atoms with E-state index in [-0.39, 0.29) is 5.91 Å². The molecule has 1 saturated heterocycles. The van der Waals surface area contributed by atoms with Gasteiger partial charge in [0.1, 0.15) is 5.69 Å². The van der Waals surface area contributed by atoms with Crippen LogP contribution >= 0.6 is 0 Å². The van der Waals surface area contributed by atoms with Crippen LogP contribution in [0.25, 0.3) is 0 Å². The maximum Gasteiger partial charge on any atom is 0.270 e. The van der Waals surface area contributed by atoms with E-state index in [1.165, 1.54) is 32.1 Å². The fraction of sp³-hybridized carbons (Fsp3) is 0.647. The molecule has 1 aromatic rings. The molecule has 2 heterocycles. The molecule has 2 unspecified atom stereocenters. The maximum absolute atomic E-state index is 12.4. The number of pyridine rings is 1. The molecule has 2 atom stereocenters. The molecule has 0 spiro atoms. The minimum Gasteiger partial charge on any atom is -0.371 e. The average Bonchev–Trinajstić information content (AvgIpc) is 3.04. The molecule has 1 amide bonds. The van der Waals surface area contributed by atoms with Gasteiger partial charge >= 0.3 is 0 Å². The molecule has 1 aliphatic heterocycles. The van der Waals surface area contributed by atoms with Crippen molar-refractivity contribution in [3.63, 3.8) is 0 Å². The van der Waals surface area contributed by atoms with Crippen molar-refractivity contribution < 1.29 is 4.79 Å². The van der Waals surface area contributed by atoms with Crippen LogP contribution < -0.4 is 10.2 Å². The Hall–Kier alpha value is -1.58. The third-order valence-corrected chi connectivity index (χ3v) is 4.88. The van der Waals surface area contributed by atoms with Gasteiger partial charge in [-0.05, 0) is 43.7 Å². The summed E-state index contributed by atoms with van der Waals surface area (Å²) in [4.78, 5) is 19.0. The van der Waals surface area contributed by atoms with Gasteiger partial charge in [0.2, 0.25) is 0 Å². The highest BCUT2D eigenvalue weighted by Crippen LogP contribution is 2.24. The minimum absolute atomic E-state index is 0.0187. The molecule has 0 aromatic carbocycles. The molecular weight excluding hydrogens is 262 g/mol. The number of anilines is 1. The molecule has 4 nitrogen and oxygen atoms in total. The summed E-state index contributed by atoms with van der Waals surface area (Å²) >= 11 is 0. The Bertz CT molecular complexity index is 497. The van der Waals surface area contributed by atoms with E-state index in [1.807, 2.05) is 12.1 Å².